The third-order valence-electron chi connectivity index (χ3n) is 4.19. The van der Waals surface area contributed by atoms with Crippen LogP contribution in [0.3, 0.4) is 0 Å². The summed E-state index contributed by atoms with van der Waals surface area (Å²) in [5.74, 6) is 1.95. The second-order valence-corrected chi connectivity index (χ2v) is 8.18. The van der Waals surface area contributed by atoms with Crippen LogP contribution in [0, 0.1) is 28.2 Å². The largest absolute Gasteiger partial charge is 1.00 e. The molecule has 0 saturated heterocycles. The van der Waals surface area contributed by atoms with Crippen LogP contribution in [0.5, 0.6) is 0 Å². The summed E-state index contributed by atoms with van der Waals surface area (Å²) in [7, 11) is 0. The van der Waals surface area contributed by atoms with E-state index in [2.05, 4.69) is 28.6 Å². The van der Waals surface area contributed by atoms with Crippen molar-refractivity contribution in [1.29, 1.82) is 0 Å². The van der Waals surface area contributed by atoms with Gasteiger partial charge < -0.3 is 12.2 Å². The zero-order valence-electron chi connectivity index (χ0n) is 18.0. The molecule has 0 atom stereocenters. The van der Waals surface area contributed by atoms with E-state index in [1.807, 2.05) is 31.2 Å². The molecule has 3 heterocycles. The van der Waals surface area contributed by atoms with E-state index in [0.29, 0.717) is 6.54 Å². The van der Waals surface area contributed by atoms with E-state index in [-0.39, 0.29) is 82.1 Å². The summed E-state index contributed by atoms with van der Waals surface area (Å²) in [5.41, 5.74) is 4.52. The second kappa shape index (κ2) is 11.4. The van der Waals surface area contributed by atoms with E-state index in [0.717, 1.165) is 32.9 Å². The summed E-state index contributed by atoms with van der Waals surface area (Å²) in [5, 5.41) is 10.4. The maximum Gasteiger partial charge on any atom is 1.00 e. The van der Waals surface area contributed by atoms with Gasteiger partial charge in [0.1, 0.15) is 23.2 Å². The fourth-order valence-corrected chi connectivity index (χ4v) is 4.24. The summed E-state index contributed by atoms with van der Waals surface area (Å²) in [4.78, 5) is 15.6. The number of thiophene rings is 1. The Labute approximate surface area is 240 Å². The van der Waals surface area contributed by atoms with Crippen LogP contribution in [0.2, 0.25) is 5.02 Å². The first-order valence-corrected chi connectivity index (χ1v) is 9.78. The Kier molecular flexibility index (Phi) is 10.5. The van der Waals surface area contributed by atoms with Crippen molar-refractivity contribution in [3.05, 3.63) is 69.9 Å². The van der Waals surface area contributed by atoms with Crippen LogP contribution in [0.25, 0.3) is 5.00 Å². The Morgan fingerprint density at radius 3 is 2.28 bits per heavy atom. The number of hydrogen-bond donors (Lipinski definition) is 0. The monoisotopic (exact) mass is 548 g/mol. The van der Waals surface area contributed by atoms with Gasteiger partial charge in [-0.05, 0) is 52.3 Å². The minimum Gasteiger partial charge on any atom is -0.358 e. The van der Waals surface area contributed by atoms with E-state index in [1.165, 1.54) is 29.9 Å². The van der Waals surface area contributed by atoms with Crippen LogP contribution in [-0.4, -0.2) is 26.3 Å². The predicted molar refractivity (Wildman–Crippen MR) is 117 cm³/mol. The molecular formula is C21H24ClCsN4OS. The molecule has 0 saturated carbocycles. The van der Waals surface area contributed by atoms with E-state index < -0.39 is 0 Å². The Bertz CT molecular complexity index is 1030. The summed E-state index contributed by atoms with van der Waals surface area (Å²) >= 11 is 7.80. The van der Waals surface area contributed by atoms with Gasteiger partial charge in [0.05, 0.1) is 5.71 Å². The normalized spacial score (nSPS) is 11.4. The van der Waals surface area contributed by atoms with Gasteiger partial charge in [-0.1, -0.05) is 23.7 Å². The van der Waals surface area contributed by atoms with Gasteiger partial charge in [-0.25, -0.2) is 0 Å². The Morgan fingerprint density at radius 2 is 1.69 bits per heavy atom. The van der Waals surface area contributed by atoms with Crippen molar-refractivity contribution in [3.63, 3.8) is 0 Å². The Balaban J connectivity index is 0.000000646. The van der Waals surface area contributed by atoms with Crippen LogP contribution in [0.15, 0.2) is 29.3 Å². The van der Waals surface area contributed by atoms with Gasteiger partial charge in [0, 0.05) is 21.0 Å². The van der Waals surface area contributed by atoms with Gasteiger partial charge in [-0.3, -0.25) is 9.56 Å². The number of aliphatic imine (C=N–C) groups is 1. The minimum atomic E-state index is 0. The van der Waals surface area contributed by atoms with Crippen molar-refractivity contribution < 1.29 is 73.7 Å². The summed E-state index contributed by atoms with van der Waals surface area (Å²) in [6.07, 6.45) is 0. The molecule has 0 unspecified atom stereocenters. The van der Waals surface area contributed by atoms with E-state index >= 15 is 0 Å². The fourth-order valence-electron chi connectivity index (χ4n) is 2.89. The number of ketones is 1. The third kappa shape index (κ3) is 5.92. The number of Topliss-reactive ketones (excluding diaryl/α,β-unsaturated/α-hetero) is 1. The molecule has 3 aromatic rings. The number of rotatable bonds is 1. The van der Waals surface area contributed by atoms with Gasteiger partial charge in [0.2, 0.25) is 0 Å². The first-order valence-electron chi connectivity index (χ1n) is 8.58. The molecule has 0 radical (unpaired) electrons. The number of benzene rings is 1. The zero-order chi connectivity index (χ0) is 19.7. The van der Waals surface area contributed by atoms with Crippen LogP contribution in [0.4, 0.5) is 0 Å². The Hall–Kier alpha value is -0.258. The molecule has 5 nitrogen and oxygen atoms in total. The van der Waals surface area contributed by atoms with Crippen molar-refractivity contribution in [2.75, 3.05) is 0 Å². The van der Waals surface area contributed by atoms with E-state index in [4.69, 9.17) is 16.6 Å². The molecule has 4 rings (SSSR count). The molecule has 8 heteroatoms. The van der Waals surface area contributed by atoms with Gasteiger partial charge >= 0.3 is 68.9 Å². The number of hydrogen-bond acceptors (Lipinski definition) is 5. The second-order valence-electron chi connectivity index (χ2n) is 6.54. The molecule has 1 aromatic carbocycles. The van der Waals surface area contributed by atoms with Gasteiger partial charge in [-0.15, -0.1) is 21.5 Å². The maximum absolute atomic E-state index is 9.44. The zero-order valence-corrected chi connectivity index (χ0v) is 25.9. The van der Waals surface area contributed by atoms with Crippen molar-refractivity contribution in [2.45, 2.75) is 41.2 Å². The van der Waals surface area contributed by atoms with Gasteiger partial charge in [-0.2, -0.15) is 0 Å². The summed E-state index contributed by atoms with van der Waals surface area (Å²) in [6.45, 7) is 9.87. The molecule has 1 aliphatic rings. The number of fused-ring (bicyclic) bond motifs is 3. The quantitative estimate of drug-likeness (QED) is 0.439. The third-order valence-corrected chi connectivity index (χ3v) is 5.64. The first kappa shape index (κ1) is 26.8. The predicted octanol–water partition coefficient (Wildman–Crippen LogP) is 2.31. The van der Waals surface area contributed by atoms with E-state index in [9.17, 15) is 4.79 Å². The standard InChI is InChI=1S/C17H15ClN4S.C3H6O.CH3.Cs/c1-9-10(2)23-17-15(9)16(12-4-6-13(18)7-5-12)19-8-14-21-20-11(3)22(14)17;1-3(2)4;;/h4-7H,8H2,1-3H3;1-2H3;1H3;/q;;-1;+1. The van der Waals surface area contributed by atoms with E-state index in [1.54, 1.807) is 11.3 Å². The number of nitrogens with zero attached hydrogens (tertiary/aromatic N) is 4. The number of aryl methyl sites for hydroxylation is 2. The number of halogens is 1. The molecule has 0 N–H and O–H groups in total. The first-order chi connectivity index (χ1) is 12.8. The van der Waals surface area contributed by atoms with Crippen LogP contribution >= 0.6 is 22.9 Å². The van der Waals surface area contributed by atoms with Gasteiger partial charge in [0.15, 0.2) is 5.82 Å². The van der Waals surface area contributed by atoms with Crippen molar-refractivity contribution in [1.82, 2.24) is 14.8 Å². The molecular weight excluding hydrogens is 525 g/mol. The minimum absolute atomic E-state index is 0. The topological polar surface area (TPSA) is 60.1 Å². The average Bonchev–Trinajstić information content (AvgIpc) is 3.04. The average molecular weight is 549 g/mol. The van der Waals surface area contributed by atoms with Crippen LogP contribution in [-0.2, 0) is 11.3 Å². The van der Waals surface area contributed by atoms with Crippen LogP contribution < -0.4 is 68.9 Å². The molecule has 29 heavy (non-hydrogen) atoms. The summed E-state index contributed by atoms with van der Waals surface area (Å²) < 4.78 is 2.13. The molecule has 1 aliphatic heterocycles. The molecule has 2 aromatic heterocycles. The fraction of sp³-hybridized carbons (Fsp3) is 0.286. The van der Waals surface area contributed by atoms with Crippen molar-refractivity contribution >= 4 is 34.4 Å². The van der Waals surface area contributed by atoms with Crippen molar-refractivity contribution in [2.24, 2.45) is 4.99 Å². The summed E-state index contributed by atoms with van der Waals surface area (Å²) in [6, 6.07) is 7.86. The smallest absolute Gasteiger partial charge is 0.358 e. The van der Waals surface area contributed by atoms with Crippen molar-refractivity contribution in [3.8, 4) is 5.00 Å². The number of carbonyl (C=O) groups excluding carboxylic acids is 1. The SMILES string of the molecule is CC(C)=O.Cc1sc2c(c1C)C(c1ccc(Cl)cc1)=NCc1nnc(C)n1-2.[CH3-].[Cs+]. The number of carbonyl (C=O) groups is 1. The van der Waals surface area contributed by atoms with Gasteiger partial charge in [0.25, 0.3) is 0 Å². The molecule has 0 bridgehead atoms. The van der Waals surface area contributed by atoms with Crippen LogP contribution in [0.1, 0.15) is 47.1 Å². The molecule has 148 valence electrons. The molecule has 0 amide bonds. The molecule has 0 spiro atoms. The number of aromatic nitrogens is 3. The molecule has 0 fully saturated rings. The molecule has 0 aliphatic carbocycles. The Morgan fingerprint density at radius 1 is 1.10 bits per heavy atom. The maximum atomic E-state index is 9.44.